The smallest absolute Gasteiger partial charge is 0.354 e. The van der Waals surface area contributed by atoms with Crippen molar-refractivity contribution < 1.29 is 23.9 Å². The first kappa shape index (κ1) is 21.9. The molecular weight excluding hydrogens is 336 g/mol. The van der Waals surface area contributed by atoms with Crippen molar-refractivity contribution in [2.75, 3.05) is 27.4 Å². The molecule has 146 valence electrons. The minimum atomic E-state index is -0.662. The Morgan fingerprint density at radius 1 is 1.12 bits per heavy atom. The largest absolute Gasteiger partial charge is 0.464 e. The number of esters is 1. The lowest BCUT2D eigenvalue weighted by Crippen LogP contribution is -2.46. The number of ether oxygens (including phenoxy) is 2. The number of Topliss-reactive ketones (excluding diaryl/α,β-unsaturated/α-hetero) is 1. The van der Waals surface area contributed by atoms with Gasteiger partial charge >= 0.3 is 5.97 Å². The quantitative estimate of drug-likeness (QED) is 0.520. The Morgan fingerprint density at radius 2 is 1.69 bits per heavy atom. The number of hydrogen-bond acceptors (Lipinski definition) is 5. The van der Waals surface area contributed by atoms with Gasteiger partial charge in [-0.05, 0) is 26.3 Å². The minimum Gasteiger partial charge on any atom is -0.464 e. The number of hydrogen-bond donors (Lipinski definition) is 0. The molecule has 1 rings (SSSR count). The number of methoxy groups -OCH3 is 2. The summed E-state index contributed by atoms with van der Waals surface area (Å²) in [4.78, 5) is 39.3. The lowest BCUT2D eigenvalue weighted by atomic mass is 9.99. The van der Waals surface area contributed by atoms with Crippen LogP contribution in [0.4, 0.5) is 0 Å². The molecule has 7 heteroatoms. The highest BCUT2D eigenvalue weighted by atomic mass is 16.5. The number of ketones is 1. The summed E-state index contributed by atoms with van der Waals surface area (Å²) in [6.07, 6.45) is 0. The summed E-state index contributed by atoms with van der Waals surface area (Å²) in [6.45, 7) is 9.49. The van der Waals surface area contributed by atoms with Crippen molar-refractivity contribution in [3.63, 3.8) is 0 Å². The molecule has 0 aliphatic heterocycles. The third-order valence-corrected chi connectivity index (χ3v) is 4.72. The molecule has 0 fully saturated rings. The number of nitrogens with zero attached hydrogens (tertiary/aromatic N) is 2. The highest BCUT2D eigenvalue weighted by Crippen LogP contribution is 2.25. The Labute approximate surface area is 155 Å². The number of aromatic nitrogens is 1. The molecule has 0 aliphatic rings. The number of carbonyl (C=O) groups excluding carboxylic acids is 3. The van der Waals surface area contributed by atoms with E-state index in [0.29, 0.717) is 35.7 Å². The second kappa shape index (κ2) is 8.98. The van der Waals surface area contributed by atoms with Crippen LogP contribution in [0, 0.1) is 19.8 Å². The van der Waals surface area contributed by atoms with E-state index in [1.165, 1.54) is 7.11 Å². The average molecular weight is 366 g/mol. The van der Waals surface area contributed by atoms with Gasteiger partial charge in [0.2, 0.25) is 5.91 Å². The predicted molar refractivity (Wildman–Crippen MR) is 98.4 cm³/mol. The van der Waals surface area contributed by atoms with Gasteiger partial charge in [-0.3, -0.25) is 9.59 Å². The zero-order valence-electron chi connectivity index (χ0n) is 17.0. The second-order valence-electron chi connectivity index (χ2n) is 6.70. The van der Waals surface area contributed by atoms with Crippen LogP contribution >= 0.6 is 0 Å². The maximum absolute atomic E-state index is 13.2. The van der Waals surface area contributed by atoms with Crippen molar-refractivity contribution in [3.8, 4) is 0 Å². The Morgan fingerprint density at radius 3 is 2.15 bits per heavy atom. The maximum Gasteiger partial charge on any atom is 0.354 e. The van der Waals surface area contributed by atoms with Crippen LogP contribution in [0.3, 0.4) is 0 Å². The molecule has 0 radical (unpaired) electrons. The van der Waals surface area contributed by atoms with Crippen molar-refractivity contribution in [2.45, 2.75) is 40.7 Å². The Balaban J connectivity index is 3.32. The second-order valence-corrected chi connectivity index (χ2v) is 6.70. The van der Waals surface area contributed by atoms with E-state index in [9.17, 15) is 14.4 Å². The van der Waals surface area contributed by atoms with Crippen molar-refractivity contribution >= 4 is 17.7 Å². The van der Waals surface area contributed by atoms with Crippen LogP contribution < -0.4 is 0 Å². The van der Waals surface area contributed by atoms with E-state index in [1.807, 2.05) is 0 Å². The molecule has 0 spiro atoms. The van der Waals surface area contributed by atoms with Gasteiger partial charge in [0.15, 0.2) is 5.78 Å². The van der Waals surface area contributed by atoms with Crippen molar-refractivity contribution in [2.24, 2.45) is 13.0 Å². The number of carbonyl (C=O) groups is 3. The van der Waals surface area contributed by atoms with Crippen molar-refractivity contribution in [1.82, 2.24) is 9.47 Å². The van der Waals surface area contributed by atoms with Gasteiger partial charge in [0, 0.05) is 37.9 Å². The summed E-state index contributed by atoms with van der Waals surface area (Å²) in [6, 6.07) is -0.662. The van der Waals surface area contributed by atoms with Gasteiger partial charge in [0.25, 0.3) is 0 Å². The zero-order valence-corrected chi connectivity index (χ0v) is 17.0. The summed E-state index contributed by atoms with van der Waals surface area (Å²) >= 11 is 0. The summed E-state index contributed by atoms with van der Waals surface area (Å²) in [5.74, 6) is -1.03. The Kier molecular flexibility index (Phi) is 7.56. The zero-order chi connectivity index (χ0) is 20.2. The summed E-state index contributed by atoms with van der Waals surface area (Å²) in [5.41, 5.74) is 2.04. The van der Waals surface area contributed by atoms with Gasteiger partial charge in [-0.15, -0.1) is 0 Å². The molecule has 0 saturated carbocycles. The Hall–Kier alpha value is -2.15. The highest BCUT2D eigenvalue weighted by molar-refractivity contribution is 6.06. The highest BCUT2D eigenvalue weighted by Gasteiger charge is 2.32. The third kappa shape index (κ3) is 4.15. The first-order valence-corrected chi connectivity index (χ1v) is 8.67. The van der Waals surface area contributed by atoms with Crippen molar-refractivity contribution in [3.05, 3.63) is 22.5 Å². The van der Waals surface area contributed by atoms with Gasteiger partial charge in [0.1, 0.15) is 5.69 Å². The van der Waals surface area contributed by atoms with E-state index in [0.717, 1.165) is 0 Å². The third-order valence-electron chi connectivity index (χ3n) is 4.72. The van der Waals surface area contributed by atoms with E-state index in [-0.39, 0.29) is 17.6 Å². The van der Waals surface area contributed by atoms with E-state index < -0.39 is 12.0 Å². The maximum atomic E-state index is 13.2. The molecule has 1 aromatic rings. The summed E-state index contributed by atoms with van der Waals surface area (Å²) in [7, 11) is 4.58. The number of rotatable bonds is 8. The summed E-state index contributed by atoms with van der Waals surface area (Å²) < 4.78 is 11.6. The summed E-state index contributed by atoms with van der Waals surface area (Å²) in [5, 5.41) is 0. The van der Waals surface area contributed by atoms with Crippen LogP contribution in [0.25, 0.3) is 0 Å². The first-order chi connectivity index (χ1) is 12.1. The molecular formula is C19H30N2O5. The van der Waals surface area contributed by atoms with E-state index in [4.69, 9.17) is 9.47 Å². The van der Waals surface area contributed by atoms with Gasteiger partial charge in [-0.1, -0.05) is 13.8 Å². The molecule has 1 heterocycles. The molecule has 1 atom stereocenters. The number of amides is 1. The SMILES string of the molecule is COCCN(C(=O)C(C)C)C(C)C(=O)c1c(C)c(C(=O)OC)n(C)c1C. The lowest BCUT2D eigenvalue weighted by molar-refractivity contribution is -0.136. The van der Waals surface area contributed by atoms with Crippen LogP contribution in [-0.4, -0.2) is 60.5 Å². The van der Waals surface area contributed by atoms with E-state index in [1.54, 1.807) is 58.2 Å². The van der Waals surface area contributed by atoms with E-state index >= 15 is 0 Å². The first-order valence-electron chi connectivity index (χ1n) is 8.67. The molecule has 0 aliphatic carbocycles. The normalized spacial score (nSPS) is 12.2. The van der Waals surface area contributed by atoms with E-state index in [2.05, 4.69) is 0 Å². The fourth-order valence-corrected chi connectivity index (χ4v) is 3.09. The van der Waals surface area contributed by atoms with Gasteiger partial charge in [-0.25, -0.2) is 4.79 Å². The molecule has 0 aromatic carbocycles. The van der Waals surface area contributed by atoms with Gasteiger partial charge in [0.05, 0.1) is 19.8 Å². The van der Waals surface area contributed by atoms with Crippen LogP contribution in [-0.2, 0) is 21.3 Å². The van der Waals surface area contributed by atoms with Crippen LogP contribution in [0.1, 0.15) is 52.9 Å². The molecule has 7 nitrogen and oxygen atoms in total. The van der Waals surface area contributed by atoms with Gasteiger partial charge in [-0.2, -0.15) is 0 Å². The molecule has 0 bridgehead atoms. The minimum absolute atomic E-state index is 0.109. The molecule has 26 heavy (non-hydrogen) atoms. The standard InChI is InChI=1S/C19H30N2O5/c1-11(2)18(23)21(9-10-25-7)14(5)17(22)15-12(3)16(19(24)26-8)20(6)13(15)4/h11,14H,9-10H2,1-8H3. The molecule has 0 N–H and O–H groups in total. The molecule has 1 unspecified atom stereocenters. The molecule has 1 amide bonds. The monoisotopic (exact) mass is 366 g/mol. The van der Waals surface area contributed by atoms with Crippen LogP contribution in [0.2, 0.25) is 0 Å². The van der Waals surface area contributed by atoms with Crippen LogP contribution in [0.5, 0.6) is 0 Å². The topological polar surface area (TPSA) is 77.8 Å². The molecule has 0 saturated heterocycles. The van der Waals surface area contributed by atoms with Gasteiger partial charge < -0.3 is 18.9 Å². The lowest BCUT2D eigenvalue weighted by Gasteiger charge is -2.30. The van der Waals surface area contributed by atoms with Crippen LogP contribution in [0.15, 0.2) is 0 Å². The van der Waals surface area contributed by atoms with Crippen molar-refractivity contribution in [1.29, 1.82) is 0 Å². The average Bonchev–Trinajstić information content (AvgIpc) is 2.82. The fourth-order valence-electron chi connectivity index (χ4n) is 3.09. The Bertz CT molecular complexity index is 691. The fraction of sp³-hybridized carbons (Fsp3) is 0.632. The molecule has 1 aromatic heterocycles. The predicted octanol–water partition coefficient (Wildman–Crippen LogP) is 2.13.